The van der Waals surface area contributed by atoms with Crippen LogP contribution in [-0.4, -0.2) is 52.6 Å². The van der Waals surface area contributed by atoms with Crippen LogP contribution in [-0.2, 0) is 17.7 Å². The molecule has 0 aromatic carbocycles. The van der Waals surface area contributed by atoms with E-state index in [2.05, 4.69) is 46.5 Å². The van der Waals surface area contributed by atoms with Crippen LogP contribution in [0.1, 0.15) is 52.3 Å². The molecule has 1 aliphatic heterocycles. The Balaban J connectivity index is 1.49. The smallest absolute Gasteiger partial charge is 0.191 e. The van der Waals surface area contributed by atoms with Crippen LogP contribution in [0, 0.1) is 5.41 Å². The van der Waals surface area contributed by atoms with Crippen LogP contribution >= 0.6 is 0 Å². The number of ether oxygens (including phenoxy) is 1. The molecule has 2 heterocycles. The first-order chi connectivity index (χ1) is 12.0. The van der Waals surface area contributed by atoms with Crippen molar-refractivity contribution in [2.75, 3.05) is 13.7 Å². The summed E-state index contributed by atoms with van der Waals surface area (Å²) in [6.45, 7) is 8.46. The number of rotatable bonds is 6. The van der Waals surface area contributed by atoms with Gasteiger partial charge in [0.05, 0.1) is 12.6 Å². The summed E-state index contributed by atoms with van der Waals surface area (Å²) in [6.07, 6.45) is 7.34. The van der Waals surface area contributed by atoms with Gasteiger partial charge in [-0.25, -0.2) is 9.67 Å². The summed E-state index contributed by atoms with van der Waals surface area (Å²) in [4.78, 5) is 8.71. The number of unbranched alkanes of at least 4 members (excludes halogenated alkanes) is 1. The molecule has 1 saturated carbocycles. The average Bonchev–Trinajstić information content (AvgIpc) is 3.07. The molecule has 1 aromatic rings. The molecule has 0 amide bonds. The zero-order valence-electron chi connectivity index (χ0n) is 16.0. The molecule has 140 valence electrons. The molecule has 0 saturated heterocycles. The lowest BCUT2D eigenvalue weighted by Crippen LogP contribution is -2.64. The molecule has 1 aromatic heterocycles. The van der Waals surface area contributed by atoms with Gasteiger partial charge in [0.15, 0.2) is 5.96 Å². The molecule has 0 spiro atoms. The van der Waals surface area contributed by atoms with Crippen LogP contribution in [0.5, 0.6) is 0 Å². The van der Waals surface area contributed by atoms with Crippen LogP contribution in [0.4, 0.5) is 0 Å². The maximum Gasteiger partial charge on any atom is 0.191 e. The fourth-order valence-electron chi connectivity index (χ4n) is 3.67. The number of aromatic nitrogens is 3. The van der Waals surface area contributed by atoms with Crippen LogP contribution in [0.3, 0.4) is 0 Å². The number of nitrogens with zero attached hydrogens (tertiary/aromatic N) is 4. The van der Waals surface area contributed by atoms with Gasteiger partial charge in [0, 0.05) is 37.6 Å². The second kappa shape index (κ2) is 7.72. The largest absolute Gasteiger partial charge is 0.378 e. The first-order valence-electron chi connectivity index (χ1n) is 9.52. The molecule has 3 atom stereocenters. The molecule has 7 nitrogen and oxygen atoms in total. The van der Waals surface area contributed by atoms with Gasteiger partial charge in [-0.15, -0.1) is 0 Å². The van der Waals surface area contributed by atoms with E-state index in [0.29, 0.717) is 18.2 Å². The number of aliphatic imine (C=N–C) groups is 1. The third-order valence-corrected chi connectivity index (χ3v) is 5.68. The van der Waals surface area contributed by atoms with Crippen molar-refractivity contribution in [3.63, 3.8) is 0 Å². The summed E-state index contributed by atoms with van der Waals surface area (Å²) in [5.41, 5.74) is 0.122. The van der Waals surface area contributed by atoms with Crippen LogP contribution in [0.15, 0.2) is 11.3 Å². The number of hydrogen-bond acceptors (Lipinski definition) is 4. The molecule has 25 heavy (non-hydrogen) atoms. The molecule has 1 fully saturated rings. The van der Waals surface area contributed by atoms with Crippen molar-refractivity contribution in [3.8, 4) is 0 Å². The van der Waals surface area contributed by atoms with Gasteiger partial charge in [0.1, 0.15) is 12.2 Å². The predicted molar refractivity (Wildman–Crippen MR) is 98.6 cm³/mol. The molecule has 0 bridgehead atoms. The summed E-state index contributed by atoms with van der Waals surface area (Å²) in [6, 6.07) is 0.719. The number of hydrogen-bond donors (Lipinski definition) is 2. The fourth-order valence-corrected chi connectivity index (χ4v) is 3.67. The quantitative estimate of drug-likeness (QED) is 0.465. The standard InChI is InChI=1S/C18H32N6O/c1-5-6-9-25-15-10-14(18(15,2)3)23-17(19-4)22-13-7-8-16-20-12-21-24(16)11-13/h12-15H,5-11H2,1-4H3,(H2,19,22,23). The Morgan fingerprint density at radius 1 is 1.44 bits per heavy atom. The number of fused-ring (bicyclic) bond motifs is 1. The molecule has 3 rings (SSSR count). The minimum Gasteiger partial charge on any atom is -0.378 e. The average molecular weight is 348 g/mol. The highest BCUT2D eigenvalue weighted by molar-refractivity contribution is 5.80. The normalized spacial score (nSPS) is 28.2. The van der Waals surface area contributed by atoms with Gasteiger partial charge in [0.25, 0.3) is 0 Å². The Morgan fingerprint density at radius 2 is 2.28 bits per heavy atom. The molecular formula is C18H32N6O. The van der Waals surface area contributed by atoms with E-state index in [0.717, 1.165) is 50.6 Å². The zero-order chi connectivity index (χ0) is 17.9. The Morgan fingerprint density at radius 3 is 3.00 bits per heavy atom. The van der Waals surface area contributed by atoms with Crippen LogP contribution in [0.25, 0.3) is 0 Å². The summed E-state index contributed by atoms with van der Waals surface area (Å²) in [5, 5.41) is 11.4. The Hall–Kier alpha value is -1.63. The van der Waals surface area contributed by atoms with Gasteiger partial charge in [-0.05, 0) is 19.3 Å². The maximum atomic E-state index is 6.04. The molecule has 2 N–H and O–H groups in total. The topological polar surface area (TPSA) is 76.4 Å². The highest BCUT2D eigenvalue weighted by Gasteiger charge is 2.49. The van der Waals surface area contributed by atoms with Crippen molar-refractivity contribution in [2.24, 2.45) is 10.4 Å². The van der Waals surface area contributed by atoms with Crippen molar-refractivity contribution >= 4 is 5.96 Å². The fraction of sp³-hybridized carbons (Fsp3) is 0.833. The van der Waals surface area contributed by atoms with Crippen molar-refractivity contribution < 1.29 is 4.74 Å². The van der Waals surface area contributed by atoms with Crippen molar-refractivity contribution in [1.29, 1.82) is 0 Å². The lowest BCUT2D eigenvalue weighted by molar-refractivity contribution is -0.113. The minimum absolute atomic E-state index is 0.122. The first-order valence-corrected chi connectivity index (χ1v) is 9.52. The van der Waals surface area contributed by atoms with Gasteiger partial charge >= 0.3 is 0 Å². The van der Waals surface area contributed by atoms with Crippen LogP contribution < -0.4 is 10.6 Å². The second-order valence-corrected chi connectivity index (χ2v) is 7.78. The van der Waals surface area contributed by atoms with Gasteiger partial charge < -0.3 is 15.4 Å². The SMILES string of the molecule is CCCCOC1CC(NC(=NC)NC2CCc3ncnn3C2)C1(C)C. The Labute approximate surface area is 150 Å². The summed E-state index contributed by atoms with van der Waals surface area (Å²) in [7, 11) is 1.83. The molecule has 7 heteroatoms. The number of aryl methyl sites for hydroxylation is 1. The van der Waals surface area contributed by atoms with E-state index in [1.807, 2.05) is 11.7 Å². The van der Waals surface area contributed by atoms with E-state index in [4.69, 9.17) is 4.74 Å². The van der Waals surface area contributed by atoms with E-state index in [1.54, 1.807) is 6.33 Å². The van der Waals surface area contributed by atoms with Crippen molar-refractivity contribution in [1.82, 2.24) is 25.4 Å². The van der Waals surface area contributed by atoms with Gasteiger partial charge in [-0.3, -0.25) is 4.99 Å². The zero-order valence-corrected chi connectivity index (χ0v) is 16.0. The molecule has 3 unspecified atom stereocenters. The predicted octanol–water partition coefficient (Wildman–Crippen LogP) is 1.74. The third-order valence-electron chi connectivity index (χ3n) is 5.68. The second-order valence-electron chi connectivity index (χ2n) is 7.78. The highest BCUT2D eigenvalue weighted by atomic mass is 16.5. The maximum absolute atomic E-state index is 6.04. The van der Waals surface area contributed by atoms with E-state index < -0.39 is 0 Å². The van der Waals surface area contributed by atoms with E-state index in [1.165, 1.54) is 6.42 Å². The van der Waals surface area contributed by atoms with Crippen molar-refractivity contribution in [2.45, 2.75) is 77.6 Å². The highest BCUT2D eigenvalue weighted by Crippen LogP contribution is 2.42. The number of nitrogens with one attached hydrogen (secondary N) is 2. The summed E-state index contributed by atoms with van der Waals surface area (Å²) < 4.78 is 8.03. The monoisotopic (exact) mass is 348 g/mol. The van der Waals surface area contributed by atoms with Gasteiger partial charge in [0.2, 0.25) is 0 Å². The van der Waals surface area contributed by atoms with Crippen LogP contribution in [0.2, 0.25) is 0 Å². The van der Waals surface area contributed by atoms with Gasteiger partial charge in [-0.2, -0.15) is 5.10 Å². The lowest BCUT2D eigenvalue weighted by Gasteiger charge is -2.52. The Kier molecular flexibility index (Phi) is 5.61. The summed E-state index contributed by atoms with van der Waals surface area (Å²) >= 11 is 0. The lowest BCUT2D eigenvalue weighted by atomic mass is 9.64. The molecule has 1 aliphatic carbocycles. The first kappa shape index (κ1) is 18.2. The third kappa shape index (κ3) is 3.97. The molecule has 2 aliphatic rings. The minimum atomic E-state index is 0.122. The Bertz CT molecular complexity index is 596. The van der Waals surface area contributed by atoms with Gasteiger partial charge in [-0.1, -0.05) is 27.2 Å². The van der Waals surface area contributed by atoms with E-state index in [9.17, 15) is 0 Å². The van der Waals surface area contributed by atoms with Crippen molar-refractivity contribution in [3.05, 3.63) is 12.2 Å². The van der Waals surface area contributed by atoms with E-state index >= 15 is 0 Å². The molecule has 0 radical (unpaired) electrons. The van der Waals surface area contributed by atoms with E-state index in [-0.39, 0.29) is 5.41 Å². The number of guanidine groups is 1. The molecular weight excluding hydrogens is 316 g/mol. The summed E-state index contributed by atoms with van der Waals surface area (Å²) in [5.74, 6) is 1.95.